The Balaban J connectivity index is 2.69. The number of hydrogen-bond donors (Lipinski definition) is 2. The lowest BCUT2D eigenvalue weighted by molar-refractivity contribution is 0.216. The summed E-state index contributed by atoms with van der Waals surface area (Å²) in [6.45, 7) is 7.29. The molecule has 1 heterocycles. The summed E-state index contributed by atoms with van der Waals surface area (Å²) < 4.78 is 0. The Morgan fingerprint density at radius 3 is 2.55 bits per heavy atom. The summed E-state index contributed by atoms with van der Waals surface area (Å²) in [5.41, 5.74) is 9.17. The van der Waals surface area contributed by atoms with Crippen molar-refractivity contribution in [2.24, 2.45) is 5.73 Å². The third kappa shape index (κ3) is 1.48. The minimum absolute atomic E-state index is 0.0695. The maximum absolute atomic E-state index is 5.77. The zero-order valence-electron chi connectivity index (χ0n) is 7.52. The van der Waals surface area contributed by atoms with Gasteiger partial charge < -0.3 is 5.73 Å². The average Bonchev–Trinajstić information content (AvgIpc) is 2.27. The third-order valence-electron chi connectivity index (χ3n) is 2.22. The van der Waals surface area contributed by atoms with Crippen molar-refractivity contribution in [2.45, 2.75) is 32.7 Å². The number of nitrogens with one attached hydrogen (secondary N) is 1. The van der Waals surface area contributed by atoms with Gasteiger partial charge >= 0.3 is 0 Å². The Morgan fingerprint density at radius 2 is 2.27 bits per heavy atom. The van der Waals surface area contributed by atoms with E-state index in [0.29, 0.717) is 0 Å². The van der Waals surface area contributed by atoms with Gasteiger partial charge in [-0.05, 0) is 26.3 Å². The highest BCUT2D eigenvalue weighted by molar-refractivity contribution is 5.14. The van der Waals surface area contributed by atoms with Gasteiger partial charge in [0, 0.05) is 6.54 Å². The number of rotatable bonds is 2. The standard InChI is InChI=1S/C8H17N3/c1-4-8(3)6-7(9)11(5-2)10-8/h6,10H,4-5,9H2,1-3H3. The van der Waals surface area contributed by atoms with Crippen LogP contribution in [0.1, 0.15) is 27.2 Å². The van der Waals surface area contributed by atoms with E-state index in [1.165, 1.54) is 0 Å². The quantitative estimate of drug-likeness (QED) is 0.619. The second-order valence-electron chi connectivity index (χ2n) is 3.20. The first-order valence-corrected chi connectivity index (χ1v) is 4.15. The van der Waals surface area contributed by atoms with Crippen LogP contribution in [0.4, 0.5) is 0 Å². The van der Waals surface area contributed by atoms with E-state index in [0.717, 1.165) is 18.8 Å². The van der Waals surface area contributed by atoms with Crippen LogP contribution >= 0.6 is 0 Å². The van der Waals surface area contributed by atoms with Crippen LogP contribution < -0.4 is 11.2 Å². The molecule has 0 spiro atoms. The largest absolute Gasteiger partial charge is 0.385 e. The molecule has 0 aromatic rings. The van der Waals surface area contributed by atoms with Crippen LogP contribution in [0, 0.1) is 0 Å². The molecule has 3 N–H and O–H groups in total. The molecular formula is C8H17N3. The summed E-state index contributed by atoms with van der Waals surface area (Å²) in [6.07, 6.45) is 3.14. The smallest absolute Gasteiger partial charge is 0.111 e. The normalized spacial score (nSPS) is 30.8. The lowest BCUT2D eigenvalue weighted by Gasteiger charge is -2.25. The molecule has 0 radical (unpaired) electrons. The molecule has 1 aliphatic heterocycles. The molecule has 1 unspecified atom stereocenters. The van der Waals surface area contributed by atoms with E-state index < -0.39 is 0 Å². The van der Waals surface area contributed by atoms with Gasteiger partial charge in [0.25, 0.3) is 0 Å². The molecule has 0 fully saturated rings. The van der Waals surface area contributed by atoms with Crippen molar-refractivity contribution >= 4 is 0 Å². The molecule has 3 heteroatoms. The van der Waals surface area contributed by atoms with E-state index in [9.17, 15) is 0 Å². The van der Waals surface area contributed by atoms with Crippen molar-refractivity contribution in [2.75, 3.05) is 6.54 Å². The van der Waals surface area contributed by atoms with Crippen LogP contribution in [-0.4, -0.2) is 17.1 Å². The minimum Gasteiger partial charge on any atom is -0.385 e. The van der Waals surface area contributed by atoms with Gasteiger partial charge in [0.05, 0.1) is 5.54 Å². The molecule has 0 aliphatic carbocycles. The molecule has 0 aromatic heterocycles. The van der Waals surface area contributed by atoms with Crippen LogP contribution in [0.2, 0.25) is 0 Å². The van der Waals surface area contributed by atoms with Crippen molar-refractivity contribution in [1.29, 1.82) is 0 Å². The molecule has 64 valence electrons. The fourth-order valence-corrected chi connectivity index (χ4v) is 1.25. The van der Waals surface area contributed by atoms with Gasteiger partial charge in [0.2, 0.25) is 0 Å². The first kappa shape index (κ1) is 8.40. The van der Waals surface area contributed by atoms with Gasteiger partial charge in [0.1, 0.15) is 5.82 Å². The third-order valence-corrected chi connectivity index (χ3v) is 2.22. The highest BCUT2D eigenvalue weighted by Gasteiger charge is 2.28. The Hall–Kier alpha value is -0.700. The predicted molar refractivity (Wildman–Crippen MR) is 46.5 cm³/mol. The predicted octanol–water partition coefficient (Wildman–Crippen LogP) is 0.795. The average molecular weight is 155 g/mol. The number of nitrogens with two attached hydrogens (primary N) is 1. The van der Waals surface area contributed by atoms with Gasteiger partial charge in [-0.25, -0.2) is 5.43 Å². The summed E-state index contributed by atoms with van der Waals surface area (Å²) in [4.78, 5) is 0. The summed E-state index contributed by atoms with van der Waals surface area (Å²) in [5.74, 6) is 0.844. The highest BCUT2D eigenvalue weighted by Crippen LogP contribution is 2.20. The molecule has 1 atom stereocenters. The Bertz CT molecular complexity index is 176. The molecule has 1 rings (SSSR count). The lowest BCUT2D eigenvalue weighted by Crippen LogP contribution is -2.45. The van der Waals surface area contributed by atoms with Crippen molar-refractivity contribution in [3.63, 3.8) is 0 Å². The van der Waals surface area contributed by atoms with Crippen LogP contribution in [0.15, 0.2) is 11.9 Å². The Labute approximate surface area is 68.2 Å². The number of hydrogen-bond acceptors (Lipinski definition) is 3. The number of nitrogens with zero attached hydrogens (tertiary/aromatic N) is 1. The summed E-state index contributed by atoms with van der Waals surface area (Å²) in [5, 5.41) is 1.98. The maximum atomic E-state index is 5.77. The first-order valence-electron chi connectivity index (χ1n) is 4.15. The zero-order valence-corrected chi connectivity index (χ0v) is 7.52. The van der Waals surface area contributed by atoms with Crippen molar-refractivity contribution in [1.82, 2.24) is 10.4 Å². The molecule has 0 aromatic carbocycles. The minimum atomic E-state index is 0.0695. The van der Waals surface area contributed by atoms with E-state index in [1.807, 2.05) is 5.01 Å². The van der Waals surface area contributed by atoms with Crippen molar-refractivity contribution in [3.8, 4) is 0 Å². The summed E-state index contributed by atoms with van der Waals surface area (Å²) >= 11 is 0. The first-order chi connectivity index (χ1) is 5.11. The van der Waals surface area contributed by atoms with E-state index in [-0.39, 0.29) is 5.54 Å². The molecule has 1 aliphatic rings. The van der Waals surface area contributed by atoms with Gasteiger partial charge in [-0.1, -0.05) is 6.92 Å². The topological polar surface area (TPSA) is 41.3 Å². The fraction of sp³-hybridized carbons (Fsp3) is 0.750. The Morgan fingerprint density at radius 1 is 1.64 bits per heavy atom. The molecule has 3 nitrogen and oxygen atoms in total. The Kier molecular flexibility index (Phi) is 2.09. The van der Waals surface area contributed by atoms with Gasteiger partial charge in [-0.15, -0.1) is 0 Å². The molecule has 0 saturated heterocycles. The van der Waals surface area contributed by atoms with Crippen LogP contribution in [0.25, 0.3) is 0 Å². The fourth-order valence-electron chi connectivity index (χ4n) is 1.25. The SMILES string of the molecule is CCN1NC(C)(CC)C=C1N. The molecule has 0 amide bonds. The summed E-state index contributed by atoms with van der Waals surface area (Å²) in [7, 11) is 0. The number of hydrazine groups is 1. The van der Waals surface area contributed by atoms with Gasteiger partial charge in [0.15, 0.2) is 0 Å². The van der Waals surface area contributed by atoms with Crippen molar-refractivity contribution in [3.05, 3.63) is 11.9 Å². The maximum Gasteiger partial charge on any atom is 0.111 e. The van der Waals surface area contributed by atoms with E-state index in [2.05, 4.69) is 32.3 Å². The zero-order chi connectivity index (χ0) is 8.48. The van der Waals surface area contributed by atoms with Crippen molar-refractivity contribution < 1.29 is 0 Å². The molecule has 0 bridgehead atoms. The van der Waals surface area contributed by atoms with Crippen LogP contribution in [-0.2, 0) is 0 Å². The molecule has 0 saturated carbocycles. The second kappa shape index (κ2) is 2.74. The van der Waals surface area contributed by atoms with Gasteiger partial charge in [-0.3, -0.25) is 5.01 Å². The van der Waals surface area contributed by atoms with Crippen LogP contribution in [0.3, 0.4) is 0 Å². The highest BCUT2D eigenvalue weighted by atomic mass is 15.6. The van der Waals surface area contributed by atoms with E-state index >= 15 is 0 Å². The van der Waals surface area contributed by atoms with E-state index in [1.54, 1.807) is 0 Å². The van der Waals surface area contributed by atoms with Crippen LogP contribution in [0.5, 0.6) is 0 Å². The monoisotopic (exact) mass is 155 g/mol. The molecule has 11 heavy (non-hydrogen) atoms. The van der Waals surface area contributed by atoms with E-state index in [4.69, 9.17) is 5.73 Å². The second-order valence-corrected chi connectivity index (χ2v) is 3.20. The van der Waals surface area contributed by atoms with Gasteiger partial charge in [-0.2, -0.15) is 0 Å². The molecular weight excluding hydrogens is 138 g/mol. The summed E-state index contributed by atoms with van der Waals surface area (Å²) in [6, 6.07) is 0. The lowest BCUT2D eigenvalue weighted by atomic mass is 10.0.